The zero-order valence-electron chi connectivity index (χ0n) is 3.16. The van der Waals surface area contributed by atoms with E-state index < -0.39 is 0 Å². The van der Waals surface area contributed by atoms with E-state index >= 15 is 0 Å². The van der Waals surface area contributed by atoms with Gasteiger partial charge in [0.2, 0.25) is 0 Å². The summed E-state index contributed by atoms with van der Waals surface area (Å²) in [5, 5.41) is 0. The quantitative estimate of drug-likeness (QED) is 0.442. The van der Waals surface area contributed by atoms with E-state index in [1.165, 1.54) is 10.2 Å². The van der Waals surface area contributed by atoms with Gasteiger partial charge in [-0.05, 0) is 10.2 Å². The van der Waals surface area contributed by atoms with Crippen LogP contribution in [0.3, 0.4) is 0 Å². The second-order valence-corrected chi connectivity index (χ2v) is 0.525. The van der Waals surface area contributed by atoms with E-state index in [-0.39, 0.29) is 0 Å². The molecular weight excluding hydrogens is 127 g/mol. The third kappa shape index (κ3) is 63.1. The van der Waals surface area contributed by atoms with E-state index in [1.807, 2.05) is 0 Å². The summed E-state index contributed by atoms with van der Waals surface area (Å²) in [6.45, 7) is 2.14. The highest BCUT2D eigenvalue weighted by atomic mass is 35.6. The maximum Gasteiger partial charge on any atom is 0.0832 e. The maximum absolute atomic E-state index is 4.26. The molecule has 34 valence electrons. The number of hydrogen-bond donors (Lipinski definition) is 0. The second-order valence-electron chi connectivity index (χ2n) is 0.0583. The first-order chi connectivity index (χ1) is 2.41. The number of rotatable bonds is 0. The predicted octanol–water partition coefficient (Wildman–Crippen LogP) is 0.710. The Morgan fingerprint density at radius 2 is 1.40 bits per heavy atom. The molecule has 0 amide bonds. The Kier molecular flexibility index (Phi) is 40.2. The largest absolute Gasteiger partial charge is 0.166 e. The molecule has 0 atom stereocenters. The first-order valence-corrected chi connectivity index (χ1v) is 3.93. The van der Waals surface area contributed by atoms with Gasteiger partial charge in [0.1, 0.15) is 0 Å². The SMILES string of the molecule is C[SiH3].ClOCl. The van der Waals surface area contributed by atoms with E-state index in [0.717, 1.165) is 0 Å². The summed E-state index contributed by atoms with van der Waals surface area (Å²) >= 11 is 8.53. The zero-order chi connectivity index (χ0) is 4.71. The summed E-state index contributed by atoms with van der Waals surface area (Å²) in [6, 6.07) is 0. The van der Waals surface area contributed by atoms with Crippen molar-refractivity contribution in [1.82, 2.24) is 0 Å². The van der Waals surface area contributed by atoms with Crippen LogP contribution in [-0.2, 0) is 3.84 Å². The second kappa shape index (κ2) is 21.8. The van der Waals surface area contributed by atoms with Gasteiger partial charge in [-0.2, -0.15) is 3.84 Å². The Bertz CT molecular complexity index is 9.61. The number of halogens is 2. The van der Waals surface area contributed by atoms with Crippen molar-refractivity contribution in [3.05, 3.63) is 0 Å². The molecule has 0 bridgehead atoms. The molecule has 5 heavy (non-hydrogen) atoms. The van der Waals surface area contributed by atoms with Crippen molar-refractivity contribution >= 4 is 34.0 Å². The number of hydrogen-bond acceptors (Lipinski definition) is 1. The zero-order valence-corrected chi connectivity index (χ0v) is 6.68. The van der Waals surface area contributed by atoms with Gasteiger partial charge in [-0.3, -0.25) is 0 Å². The summed E-state index contributed by atoms with van der Waals surface area (Å²) in [5.74, 6) is 0. The van der Waals surface area contributed by atoms with Crippen molar-refractivity contribution in [2.45, 2.75) is 6.55 Å². The van der Waals surface area contributed by atoms with Crippen LogP contribution in [0.2, 0.25) is 6.55 Å². The lowest BCUT2D eigenvalue weighted by Crippen LogP contribution is -1.15. The molecule has 0 aliphatic carbocycles. The normalized spacial score (nSPS) is 5.40. The minimum Gasteiger partial charge on any atom is -0.166 e. The summed E-state index contributed by atoms with van der Waals surface area (Å²) in [5.41, 5.74) is 0. The minimum atomic E-state index is 1.31. The van der Waals surface area contributed by atoms with Gasteiger partial charge >= 0.3 is 0 Å². The van der Waals surface area contributed by atoms with Gasteiger partial charge in [-0.15, -0.1) is 0 Å². The molecule has 4 heteroatoms. The Morgan fingerprint density at radius 1 is 1.40 bits per heavy atom. The van der Waals surface area contributed by atoms with Gasteiger partial charge in [0.25, 0.3) is 0 Å². The summed E-state index contributed by atoms with van der Waals surface area (Å²) in [4.78, 5) is 0. The Balaban J connectivity index is 0. The van der Waals surface area contributed by atoms with Gasteiger partial charge < -0.3 is 0 Å². The fourth-order valence-electron chi connectivity index (χ4n) is 0. The van der Waals surface area contributed by atoms with E-state index in [0.29, 0.717) is 0 Å². The average molecular weight is 133 g/mol. The van der Waals surface area contributed by atoms with Crippen LogP contribution >= 0.6 is 23.7 Å². The molecule has 0 unspecified atom stereocenters. The van der Waals surface area contributed by atoms with E-state index in [1.54, 1.807) is 0 Å². The molecule has 0 aromatic rings. The van der Waals surface area contributed by atoms with Gasteiger partial charge in [-0.25, -0.2) is 0 Å². The van der Waals surface area contributed by atoms with Gasteiger partial charge in [0.05, 0.1) is 23.7 Å². The summed E-state index contributed by atoms with van der Waals surface area (Å²) in [6.07, 6.45) is 0. The molecule has 0 saturated heterocycles. The first-order valence-electron chi connectivity index (χ1n) is 1.31. The van der Waals surface area contributed by atoms with Crippen LogP contribution < -0.4 is 0 Å². The highest BCUT2D eigenvalue weighted by Crippen LogP contribution is 1.78. The third-order valence-corrected chi connectivity index (χ3v) is 0. The molecule has 0 radical (unpaired) electrons. The highest BCUT2D eigenvalue weighted by Gasteiger charge is 1.38. The van der Waals surface area contributed by atoms with Gasteiger partial charge in [-0.1, -0.05) is 6.55 Å². The van der Waals surface area contributed by atoms with Crippen LogP contribution in [0, 0.1) is 0 Å². The van der Waals surface area contributed by atoms with Crippen LogP contribution in [0.15, 0.2) is 0 Å². The molecule has 0 fully saturated rings. The Hall–Kier alpha value is 0.757. The standard InChI is InChI=1S/CH6Si.Cl2O/c1-2;1-3-2/h1-2H3;. The average Bonchev–Trinajstić information content (AvgIpc) is 1.46. The third-order valence-electron chi connectivity index (χ3n) is 0. The van der Waals surface area contributed by atoms with Crippen LogP contribution in [0.1, 0.15) is 0 Å². The Morgan fingerprint density at radius 3 is 1.40 bits per heavy atom. The molecule has 1 nitrogen and oxygen atoms in total. The molecule has 0 aromatic carbocycles. The molecule has 0 saturated carbocycles. The topological polar surface area (TPSA) is 9.23 Å². The van der Waals surface area contributed by atoms with Crippen molar-refractivity contribution in [3.63, 3.8) is 0 Å². The van der Waals surface area contributed by atoms with Crippen molar-refractivity contribution in [1.29, 1.82) is 0 Å². The lowest BCUT2D eigenvalue weighted by molar-refractivity contribution is 0.697. The summed E-state index contributed by atoms with van der Waals surface area (Å²) in [7, 11) is 1.31. The maximum atomic E-state index is 4.26. The molecular formula is CH6Cl2OSi. The van der Waals surface area contributed by atoms with Crippen LogP contribution in [-0.4, -0.2) is 10.2 Å². The highest BCUT2D eigenvalue weighted by molar-refractivity contribution is 6.24. The molecule has 0 aromatic heterocycles. The van der Waals surface area contributed by atoms with Gasteiger partial charge in [0.15, 0.2) is 0 Å². The van der Waals surface area contributed by atoms with Crippen LogP contribution in [0.25, 0.3) is 0 Å². The van der Waals surface area contributed by atoms with Crippen molar-refractivity contribution in [2.24, 2.45) is 0 Å². The van der Waals surface area contributed by atoms with Crippen molar-refractivity contribution in [3.8, 4) is 0 Å². The van der Waals surface area contributed by atoms with E-state index in [2.05, 4.69) is 34.1 Å². The molecule has 0 aliphatic heterocycles. The molecule has 0 N–H and O–H groups in total. The fourth-order valence-corrected chi connectivity index (χ4v) is 0. The Labute approximate surface area is 45.0 Å². The van der Waals surface area contributed by atoms with Gasteiger partial charge in [0, 0.05) is 0 Å². The van der Waals surface area contributed by atoms with E-state index in [4.69, 9.17) is 0 Å². The molecule has 0 aliphatic rings. The van der Waals surface area contributed by atoms with Crippen molar-refractivity contribution in [2.75, 3.05) is 0 Å². The smallest absolute Gasteiger partial charge is 0.0832 e. The molecule has 0 spiro atoms. The van der Waals surface area contributed by atoms with Crippen LogP contribution in [0.5, 0.6) is 0 Å². The molecule has 0 rings (SSSR count). The summed E-state index contributed by atoms with van der Waals surface area (Å²) < 4.78 is 3.19. The minimum absolute atomic E-state index is 1.31. The predicted molar refractivity (Wildman–Crippen MR) is 28.6 cm³/mol. The fraction of sp³-hybridized carbons (Fsp3) is 1.00. The van der Waals surface area contributed by atoms with Crippen LogP contribution in [0.4, 0.5) is 0 Å². The van der Waals surface area contributed by atoms with Crippen molar-refractivity contribution < 1.29 is 3.84 Å². The molecule has 0 heterocycles. The monoisotopic (exact) mass is 132 g/mol. The lowest BCUT2D eigenvalue weighted by Gasteiger charge is -1.46. The first kappa shape index (κ1) is 9.23. The lowest BCUT2D eigenvalue weighted by atomic mass is 11.9. The van der Waals surface area contributed by atoms with E-state index in [9.17, 15) is 0 Å².